The number of piperidine rings is 1. The maximum Gasteiger partial charge on any atom is 0.417 e. The van der Waals surface area contributed by atoms with Gasteiger partial charge in [0.25, 0.3) is 0 Å². The van der Waals surface area contributed by atoms with E-state index in [1.54, 1.807) is 4.90 Å². The molecule has 0 unspecified atom stereocenters. The second-order valence-corrected chi connectivity index (χ2v) is 5.22. The molecular formula is C14H16F5NO. The predicted octanol–water partition coefficient (Wildman–Crippen LogP) is 3.51. The van der Waals surface area contributed by atoms with Gasteiger partial charge in [-0.1, -0.05) is 6.07 Å². The van der Waals surface area contributed by atoms with Crippen LogP contribution in [0.5, 0.6) is 0 Å². The molecule has 0 N–H and O–H groups in total. The van der Waals surface area contributed by atoms with Crippen LogP contribution in [0.2, 0.25) is 0 Å². The van der Waals surface area contributed by atoms with Gasteiger partial charge in [0, 0.05) is 26.7 Å². The van der Waals surface area contributed by atoms with Crippen molar-refractivity contribution in [1.82, 2.24) is 4.90 Å². The molecule has 1 fully saturated rings. The van der Waals surface area contributed by atoms with Crippen LogP contribution >= 0.6 is 0 Å². The first-order valence-corrected chi connectivity index (χ1v) is 6.55. The summed E-state index contributed by atoms with van der Waals surface area (Å²) >= 11 is 0. The van der Waals surface area contributed by atoms with Gasteiger partial charge in [0.1, 0.15) is 0 Å². The van der Waals surface area contributed by atoms with Crippen LogP contribution in [-0.4, -0.2) is 36.9 Å². The van der Waals surface area contributed by atoms with E-state index in [0.717, 1.165) is 19.2 Å². The molecule has 2 rings (SSSR count). The average molecular weight is 309 g/mol. The molecule has 0 radical (unpaired) electrons. The van der Waals surface area contributed by atoms with Crippen molar-refractivity contribution in [2.75, 3.05) is 20.2 Å². The third-order valence-corrected chi connectivity index (χ3v) is 3.96. The number of ether oxygens (including phenoxy) is 1. The van der Waals surface area contributed by atoms with E-state index < -0.39 is 23.4 Å². The maximum absolute atomic E-state index is 13.1. The lowest BCUT2D eigenvalue weighted by molar-refractivity contribution is -0.282. The summed E-state index contributed by atoms with van der Waals surface area (Å²) in [6, 6.07) is 3.52. The Bertz CT molecular complexity index is 495. The molecule has 0 amide bonds. The van der Waals surface area contributed by atoms with E-state index in [9.17, 15) is 22.0 Å². The second-order valence-electron chi connectivity index (χ2n) is 5.22. The maximum atomic E-state index is 13.1. The Balaban J connectivity index is 1.99. The molecule has 0 aliphatic carbocycles. The Labute approximate surface area is 119 Å². The third-order valence-electron chi connectivity index (χ3n) is 3.96. The van der Waals surface area contributed by atoms with E-state index in [-0.39, 0.29) is 32.5 Å². The fraction of sp³-hybridized carbons (Fsp3) is 0.571. The highest BCUT2D eigenvalue weighted by Gasteiger charge is 2.56. The molecule has 0 bridgehead atoms. The summed E-state index contributed by atoms with van der Waals surface area (Å²) in [6.07, 6.45) is -4.75. The summed E-state index contributed by atoms with van der Waals surface area (Å²) in [6.45, 7) is 0.660. The summed E-state index contributed by atoms with van der Waals surface area (Å²) in [7, 11) is 1.07. The highest BCUT2D eigenvalue weighted by atomic mass is 19.4. The van der Waals surface area contributed by atoms with E-state index in [1.165, 1.54) is 6.07 Å². The van der Waals surface area contributed by atoms with Gasteiger partial charge in [0.15, 0.2) is 17.2 Å². The molecule has 0 saturated carbocycles. The van der Waals surface area contributed by atoms with E-state index >= 15 is 0 Å². The normalized spacial score (nSPS) is 19.7. The molecule has 1 aliphatic rings. The first kappa shape index (κ1) is 16.2. The zero-order valence-electron chi connectivity index (χ0n) is 11.5. The van der Waals surface area contributed by atoms with Crippen LogP contribution in [0.1, 0.15) is 18.4 Å². The number of likely N-dealkylation sites (tertiary alicyclic amines) is 1. The number of nitrogens with zero attached hydrogens (tertiary/aromatic N) is 1. The van der Waals surface area contributed by atoms with Crippen LogP contribution in [0, 0.1) is 11.6 Å². The van der Waals surface area contributed by atoms with Crippen LogP contribution < -0.4 is 0 Å². The summed E-state index contributed by atoms with van der Waals surface area (Å²) in [4.78, 5) is 1.77. The van der Waals surface area contributed by atoms with Gasteiger partial charge in [0.05, 0.1) is 0 Å². The molecule has 118 valence electrons. The van der Waals surface area contributed by atoms with Gasteiger partial charge in [-0.15, -0.1) is 0 Å². The first-order valence-electron chi connectivity index (χ1n) is 6.55. The zero-order valence-corrected chi connectivity index (χ0v) is 11.5. The van der Waals surface area contributed by atoms with Crippen molar-refractivity contribution in [3.8, 4) is 0 Å². The second kappa shape index (κ2) is 5.88. The lowest BCUT2D eigenvalue weighted by atomic mass is 9.90. The van der Waals surface area contributed by atoms with Crippen LogP contribution in [0.15, 0.2) is 18.2 Å². The van der Waals surface area contributed by atoms with Crippen molar-refractivity contribution in [2.24, 2.45) is 0 Å². The quantitative estimate of drug-likeness (QED) is 0.792. The van der Waals surface area contributed by atoms with E-state index in [0.29, 0.717) is 5.56 Å². The number of halogens is 5. The molecule has 1 aliphatic heterocycles. The summed E-state index contributed by atoms with van der Waals surface area (Å²) in [5, 5.41) is 0. The molecule has 2 nitrogen and oxygen atoms in total. The van der Waals surface area contributed by atoms with Gasteiger partial charge in [-0.2, -0.15) is 13.2 Å². The fourth-order valence-corrected chi connectivity index (χ4v) is 2.57. The van der Waals surface area contributed by atoms with E-state index in [2.05, 4.69) is 0 Å². The lowest BCUT2D eigenvalue weighted by Crippen LogP contribution is -2.54. The minimum atomic E-state index is -4.41. The Morgan fingerprint density at radius 3 is 2.24 bits per heavy atom. The van der Waals surface area contributed by atoms with Gasteiger partial charge in [-0.05, 0) is 30.5 Å². The summed E-state index contributed by atoms with van der Waals surface area (Å²) in [5.74, 6) is -1.89. The first-order chi connectivity index (χ1) is 9.77. The van der Waals surface area contributed by atoms with Gasteiger partial charge < -0.3 is 4.74 Å². The number of benzene rings is 1. The van der Waals surface area contributed by atoms with Crippen LogP contribution in [-0.2, 0) is 11.3 Å². The van der Waals surface area contributed by atoms with E-state index in [1.807, 2.05) is 0 Å². The molecule has 1 aromatic rings. The number of rotatable bonds is 3. The molecule has 1 saturated heterocycles. The van der Waals surface area contributed by atoms with Crippen molar-refractivity contribution in [2.45, 2.75) is 31.2 Å². The molecule has 21 heavy (non-hydrogen) atoms. The largest absolute Gasteiger partial charge is 0.417 e. The minimum absolute atomic E-state index is 0.170. The number of alkyl halides is 3. The fourth-order valence-electron chi connectivity index (χ4n) is 2.57. The van der Waals surface area contributed by atoms with Crippen molar-refractivity contribution < 1.29 is 26.7 Å². The molecule has 0 atom stereocenters. The van der Waals surface area contributed by atoms with Crippen molar-refractivity contribution in [3.63, 3.8) is 0 Å². The minimum Gasteiger partial charge on any atom is -0.369 e. The zero-order chi connectivity index (χ0) is 15.7. The average Bonchev–Trinajstić information content (AvgIpc) is 2.43. The molecule has 7 heteroatoms. The van der Waals surface area contributed by atoms with Crippen molar-refractivity contribution in [1.29, 1.82) is 0 Å². The monoisotopic (exact) mass is 309 g/mol. The molecule has 1 heterocycles. The molecule has 0 aromatic heterocycles. The summed E-state index contributed by atoms with van der Waals surface area (Å²) in [5.41, 5.74) is -1.57. The van der Waals surface area contributed by atoms with Crippen LogP contribution in [0.4, 0.5) is 22.0 Å². The van der Waals surface area contributed by atoms with Crippen LogP contribution in [0.3, 0.4) is 0 Å². The molecule has 1 aromatic carbocycles. The van der Waals surface area contributed by atoms with E-state index in [4.69, 9.17) is 4.74 Å². The van der Waals surface area contributed by atoms with Gasteiger partial charge in [0.2, 0.25) is 0 Å². The molecule has 0 spiro atoms. The lowest BCUT2D eigenvalue weighted by Gasteiger charge is -2.41. The Kier molecular flexibility index (Phi) is 4.53. The third kappa shape index (κ3) is 3.35. The van der Waals surface area contributed by atoms with Gasteiger partial charge in [-0.3, -0.25) is 4.90 Å². The molecular weight excluding hydrogens is 293 g/mol. The predicted molar refractivity (Wildman–Crippen MR) is 66.7 cm³/mol. The van der Waals surface area contributed by atoms with Crippen molar-refractivity contribution >= 4 is 0 Å². The van der Waals surface area contributed by atoms with Gasteiger partial charge >= 0.3 is 6.18 Å². The SMILES string of the molecule is COC1(C(F)(F)F)CCN(Cc2ccc(F)c(F)c2)CC1. The highest BCUT2D eigenvalue weighted by Crippen LogP contribution is 2.41. The smallest absolute Gasteiger partial charge is 0.369 e. The number of methoxy groups -OCH3 is 1. The Morgan fingerprint density at radius 2 is 1.76 bits per heavy atom. The van der Waals surface area contributed by atoms with Gasteiger partial charge in [-0.25, -0.2) is 8.78 Å². The number of hydrogen-bond donors (Lipinski definition) is 0. The topological polar surface area (TPSA) is 12.5 Å². The number of hydrogen-bond acceptors (Lipinski definition) is 2. The Morgan fingerprint density at radius 1 is 1.14 bits per heavy atom. The summed E-state index contributed by atoms with van der Waals surface area (Å²) < 4.78 is 69.7. The van der Waals surface area contributed by atoms with Crippen LogP contribution in [0.25, 0.3) is 0 Å². The van der Waals surface area contributed by atoms with Crippen molar-refractivity contribution in [3.05, 3.63) is 35.4 Å². The Hall–Kier alpha value is -1.21. The standard InChI is InChI=1S/C14H16F5NO/c1-21-13(14(17,18)19)4-6-20(7-5-13)9-10-2-3-11(15)12(16)8-10/h2-3,8H,4-7,9H2,1H3. The highest BCUT2D eigenvalue weighted by molar-refractivity contribution is 5.17.